The first-order valence-corrected chi connectivity index (χ1v) is 9.19. The van der Waals surface area contributed by atoms with Crippen LogP contribution in [0.25, 0.3) is 0 Å². The lowest BCUT2D eigenvalue weighted by molar-refractivity contribution is 0.282. The van der Waals surface area contributed by atoms with E-state index in [1.807, 2.05) is 60.7 Å². The highest BCUT2D eigenvalue weighted by Crippen LogP contribution is 2.37. The molecule has 0 radical (unpaired) electrons. The van der Waals surface area contributed by atoms with Crippen LogP contribution < -0.4 is 14.8 Å². The fourth-order valence-corrected chi connectivity index (χ4v) is 3.19. The van der Waals surface area contributed by atoms with Crippen LogP contribution in [0.3, 0.4) is 0 Å². The molecule has 0 spiro atoms. The minimum absolute atomic E-state index is 0. The normalized spacial score (nSPS) is 10.1. The van der Waals surface area contributed by atoms with E-state index < -0.39 is 0 Å². The molecule has 0 atom stereocenters. The van der Waals surface area contributed by atoms with Gasteiger partial charge in [-0.05, 0) is 51.3 Å². The van der Waals surface area contributed by atoms with Crippen molar-refractivity contribution in [3.05, 3.63) is 88.2 Å². The number of hydrogen-bond donors (Lipinski definition) is 1. The Hall–Kier alpha value is -2.08. The predicted molar refractivity (Wildman–Crippen MR) is 113 cm³/mol. The molecule has 3 rings (SSSR count). The molecule has 0 aliphatic rings. The number of rotatable bonds is 8. The average Bonchev–Trinajstić information content (AvgIpc) is 2.68. The molecule has 0 saturated heterocycles. The summed E-state index contributed by atoms with van der Waals surface area (Å²) in [6.07, 6.45) is 1.80. The molecule has 0 aliphatic heterocycles. The smallest absolute Gasteiger partial charge is 0.175 e. The van der Waals surface area contributed by atoms with Crippen LogP contribution in [0.5, 0.6) is 11.5 Å². The van der Waals surface area contributed by atoms with Crippen molar-refractivity contribution in [2.24, 2.45) is 0 Å². The third kappa shape index (κ3) is 6.24. The van der Waals surface area contributed by atoms with Gasteiger partial charge in [-0.3, -0.25) is 4.98 Å². The van der Waals surface area contributed by atoms with E-state index >= 15 is 0 Å². The summed E-state index contributed by atoms with van der Waals surface area (Å²) < 4.78 is 12.4. The molecule has 0 amide bonds. The van der Waals surface area contributed by atoms with Gasteiger partial charge in [0, 0.05) is 19.3 Å². The summed E-state index contributed by atoms with van der Waals surface area (Å²) in [6.45, 7) is 1.92. The van der Waals surface area contributed by atoms with Gasteiger partial charge in [0.15, 0.2) is 11.5 Å². The Balaban J connectivity index is 0.00000261. The third-order valence-corrected chi connectivity index (χ3v) is 4.47. The fraction of sp³-hybridized carbons (Fsp3) is 0.190. The first-order valence-electron chi connectivity index (χ1n) is 8.40. The molecule has 0 bridgehead atoms. The molecule has 3 aromatic rings. The highest BCUT2D eigenvalue weighted by Gasteiger charge is 2.12. The topological polar surface area (TPSA) is 43.4 Å². The van der Waals surface area contributed by atoms with Crippen molar-refractivity contribution in [3.8, 4) is 11.5 Å². The molecule has 142 valence electrons. The Bertz CT molecular complexity index is 832. The fourth-order valence-electron chi connectivity index (χ4n) is 2.58. The molecule has 0 aliphatic carbocycles. The van der Waals surface area contributed by atoms with Crippen LogP contribution in [-0.2, 0) is 19.7 Å². The van der Waals surface area contributed by atoms with Crippen LogP contribution in [-0.4, -0.2) is 12.1 Å². The van der Waals surface area contributed by atoms with Crippen LogP contribution in [0, 0.1) is 0 Å². The lowest BCUT2D eigenvalue weighted by atomic mass is 10.2. The summed E-state index contributed by atoms with van der Waals surface area (Å²) in [4.78, 5) is 4.31. The van der Waals surface area contributed by atoms with E-state index in [1.165, 1.54) is 0 Å². The van der Waals surface area contributed by atoms with Gasteiger partial charge in [-0.25, -0.2) is 0 Å². The van der Waals surface area contributed by atoms with Crippen molar-refractivity contribution >= 4 is 28.3 Å². The van der Waals surface area contributed by atoms with E-state index in [0.717, 1.165) is 21.3 Å². The molecule has 0 unspecified atom stereocenters. The zero-order valence-electron chi connectivity index (χ0n) is 15.0. The van der Waals surface area contributed by atoms with Crippen molar-refractivity contribution in [1.82, 2.24) is 10.3 Å². The van der Waals surface area contributed by atoms with Gasteiger partial charge in [-0.15, -0.1) is 12.4 Å². The van der Waals surface area contributed by atoms with Gasteiger partial charge in [0.05, 0.1) is 17.3 Å². The highest BCUT2D eigenvalue weighted by molar-refractivity contribution is 9.10. The van der Waals surface area contributed by atoms with Crippen LogP contribution in [0.1, 0.15) is 16.8 Å². The summed E-state index contributed by atoms with van der Waals surface area (Å²) >= 11 is 3.60. The zero-order valence-corrected chi connectivity index (χ0v) is 17.4. The van der Waals surface area contributed by atoms with E-state index in [0.29, 0.717) is 31.2 Å². The second-order valence-electron chi connectivity index (χ2n) is 5.81. The van der Waals surface area contributed by atoms with Crippen molar-refractivity contribution in [1.29, 1.82) is 0 Å². The first-order chi connectivity index (χ1) is 12.8. The first kappa shape index (κ1) is 21.2. The van der Waals surface area contributed by atoms with Crippen LogP contribution in [0.2, 0.25) is 0 Å². The number of halogens is 2. The SMILES string of the molecule is COc1cc(CNCc2ccccn2)cc(Br)c1OCc1ccccc1.Cl. The summed E-state index contributed by atoms with van der Waals surface area (Å²) in [5.74, 6) is 1.43. The molecule has 27 heavy (non-hydrogen) atoms. The minimum Gasteiger partial charge on any atom is -0.493 e. The molecule has 1 N–H and O–H groups in total. The second-order valence-corrected chi connectivity index (χ2v) is 6.66. The van der Waals surface area contributed by atoms with Gasteiger partial charge in [0.2, 0.25) is 0 Å². The van der Waals surface area contributed by atoms with Crippen molar-refractivity contribution < 1.29 is 9.47 Å². The van der Waals surface area contributed by atoms with Crippen molar-refractivity contribution in [2.75, 3.05) is 7.11 Å². The molecule has 4 nitrogen and oxygen atoms in total. The number of pyridine rings is 1. The Kier molecular flexibility index (Phi) is 8.58. The number of ether oxygens (including phenoxy) is 2. The standard InChI is InChI=1S/C21H21BrN2O2.ClH/c1-25-20-12-17(13-23-14-18-9-5-6-10-24-18)11-19(22)21(20)26-15-16-7-3-2-4-8-16;/h2-12,23H,13-15H2,1H3;1H. The molecular weight excluding hydrogens is 428 g/mol. The average molecular weight is 450 g/mol. The Morgan fingerprint density at radius 1 is 0.963 bits per heavy atom. The van der Waals surface area contributed by atoms with Gasteiger partial charge in [0.1, 0.15) is 6.61 Å². The quantitative estimate of drug-likeness (QED) is 0.517. The van der Waals surface area contributed by atoms with Crippen LogP contribution in [0.4, 0.5) is 0 Å². The summed E-state index contributed by atoms with van der Waals surface area (Å²) in [5.41, 5.74) is 3.24. The number of nitrogens with one attached hydrogen (secondary N) is 1. The van der Waals surface area contributed by atoms with E-state index in [2.05, 4.69) is 26.2 Å². The Morgan fingerprint density at radius 2 is 1.74 bits per heavy atom. The monoisotopic (exact) mass is 448 g/mol. The van der Waals surface area contributed by atoms with E-state index in [-0.39, 0.29) is 12.4 Å². The number of aromatic nitrogens is 1. The maximum atomic E-state index is 5.97. The van der Waals surface area contributed by atoms with Crippen molar-refractivity contribution in [2.45, 2.75) is 19.7 Å². The van der Waals surface area contributed by atoms with E-state index in [4.69, 9.17) is 9.47 Å². The van der Waals surface area contributed by atoms with Gasteiger partial charge >= 0.3 is 0 Å². The lowest BCUT2D eigenvalue weighted by Gasteiger charge is -2.15. The molecular formula is C21H22BrClN2O2. The largest absolute Gasteiger partial charge is 0.493 e. The molecule has 6 heteroatoms. The van der Waals surface area contributed by atoms with Gasteiger partial charge in [-0.2, -0.15) is 0 Å². The maximum Gasteiger partial charge on any atom is 0.175 e. The number of nitrogens with zero attached hydrogens (tertiary/aromatic N) is 1. The van der Waals surface area contributed by atoms with E-state index in [1.54, 1.807) is 13.3 Å². The molecule has 0 fully saturated rings. The second kappa shape index (κ2) is 10.9. The van der Waals surface area contributed by atoms with Crippen LogP contribution >= 0.6 is 28.3 Å². The summed E-state index contributed by atoms with van der Waals surface area (Å²) in [6, 6.07) is 20.0. The molecule has 1 aromatic heterocycles. The lowest BCUT2D eigenvalue weighted by Crippen LogP contribution is -2.13. The van der Waals surface area contributed by atoms with Crippen LogP contribution in [0.15, 0.2) is 71.3 Å². The van der Waals surface area contributed by atoms with Gasteiger partial charge in [0.25, 0.3) is 0 Å². The zero-order chi connectivity index (χ0) is 18.2. The number of methoxy groups -OCH3 is 1. The Morgan fingerprint density at radius 3 is 2.44 bits per heavy atom. The molecule has 1 heterocycles. The molecule has 2 aromatic carbocycles. The summed E-state index contributed by atoms with van der Waals surface area (Å²) in [7, 11) is 1.66. The third-order valence-electron chi connectivity index (χ3n) is 3.88. The number of hydrogen-bond acceptors (Lipinski definition) is 4. The number of benzene rings is 2. The maximum absolute atomic E-state index is 5.97. The van der Waals surface area contributed by atoms with Gasteiger partial charge in [-0.1, -0.05) is 36.4 Å². The highest BCUT2D eigenvalue weighted by atomic mass is 79.9. The van der Waals surface area contributed by atoms with E-state index in [9.17, 15) is 0 Å². The van der Waals surface area contributed by atoms with Crippen molar-refractivity contribution in [3.63, 3.8) is 0 Å². The van der Waals surface area contributed by atoms with Gasteiger partial charge < -0.3 is 14.8 Å². The summed E-state index contributed by atoms with van der Waals surface area (Å²) in [5, 5.41) is 3.39. The molecule has 0 saturated carbocycles. The predicted octanol–water partition coefficient (Wildman–Crippen LogP) is 5.14. The Labute approximate surface area is 174 Å². The minimum atomic E-state index is 0.